The lowest BCUT2D eigenvalue weighted by atomic mass is 10.1. The van der Waals surface area contributed by atoms with Crippen LogP contribution in [0.3, 0.4) is 0 Å². The van der Waals surface area contributed by atoms with E-state index in [1.807, 2.05) is 66.7 Å². The zero-order valence-electron chi connectivity index (χ0n) is 12.2. The van der Waals surface area contributed by atoms with Gasteiger partial charge in [0.25, 0.3) is 0 Å². The van der Waals surface area contributed by atoms with Crippen LogP contribution < -0.4 is 5.32 Å². The molecule has 0 unspecified atom stereocenters. The Labute approximate surface area is 138 Å². The van der Waals surface area contributed by atoms with Crippen molar-refractivity contribution >= 4 is 22.4 Å². The van der Waals surface area contributed by atoms with Gasteiger partial charge >= 0.3 is 0 Å². The molecule has 2 aromatic carbocycles. The first-order valence-corrected chi connectivity index (χ1v) is 7.88. The molecule has 0 bridgehead atoms. The summed E-state index contributed by atoms with van der Waals surface area (Å²) in [6.45, 7) is 0. The van der Waals surface area contributed by atoms with E-state index in [1.165, 1.54) is 11.3 Å². The molecule has 0 atom stereocenters. The summed E-state index contributed by atoms with van der Waals surface area (Å²) in [6.07, 6.45) is -0.180. The molecule has 0 spiro atoms. The Morgan fingerprint density at radius 1 is 1.04 bits per heavy atom. The first kappa shape index (κ1) is 14.9. The smallest absolute Gasteiger partial charge is 0.240 e. The Kier molecular flexibility index (Phi) is 4.46. The third-order valence-electron chi connectivity index (χ3n) is 3.20. The van der Waals surface area contributed by atoms with E-state index in [0.717, 1.165) is 21.7 Å². The molecule has 1 heterocycles. The molecule has 4 nitrogen and oxygen atoms in total. The Morgan fingerprint density at radius 3 is 2.26 bits per heavy atom. The minimum Gasteiger partial charge on any atom is -0.301 e. The van der Waals surface area contributed by atoms with Crippen LogP contribution in [0.2, 0.25) is 0 Å². The molecule has 0 fully saturated rings. The Bertz CT molecular complexity index is 794. The van der Waals surface area contributed by atoms with Gasteiger partial charge in [-0.25, -0.2) is 4.98 Å². The molecule has 0 aliphatic carbocycles. The SMILES string of the molecule is N#CCC(=O)Nc1nc(-c2ccccc2)c(-c2ccccc2)s1. The number of carbonyl (C=O) groups excluding carboxylic acids is 1. The van der Waals surface area contributed by atoms with Crippen LogP contribution in [-0.2, 0) is 4.79 Å². The molecule has 3 aromatic rings. The molecule has 0 saturated heterocycles. The lowest BCUT2D eigenvalue weighted by molar-refractivity contribution is -0.115. The first-order chi connectivity index (χ1) is 11.3. The normalized spacial score (nSPS) is 10.0. The van der Waals surface area contributed by atoms with Crippen molar-refractivity contribution < 1.29 is 4.79 Å². The molecule has 3 rings (SSSR count). The van der Waals surface area contributed by atoms with E-state index in [4.69, 9.17) is 5.26 Å². The average Bonchev–Trinajstić information content (AvgIpc) is 3.00. The highest BCUT2D eigenvalue weighted by atomic mass is 32.1. The van der Waals surface area contributed by atoms with Crippen molar-refractivity contribution in [2.24, 2.45) is 0 Å². The van der Waals surface area contributed by atoms with Crippen LogP contribution in [0.15, 0.2) is 60.7 Å². The second-order valence-corrected chi connectivity index (χ2v) is 5.81. The monoisotopic (exact) mass is 319 g/mol. The van der Waals surface area contributed by atoms with E-state index in [-0.39, 0.29) is 12.3 Å². The Balaban J connectivity index is 2.04. The quantitative estimate of drug-likeness (QED) is 0.778. The van der Waals surface area contributed by atoms with E-state index in [9.17, 15) is 4.79 Å². The van der Waals surface area contributed by atoms with Gasteiger partial charge in [-0.15, -0.1) is 0 Å². The number of anilines is 1. The molecule has 0 aliphatic rings. The molecular formula is C18H13N3OS. The third-order valence-corrected chi connectivity index (χ3v) is 4.22. The summed E-state index contributed by atoms with van der Waals surface area (Å²) in [5.41, 5.74) is 2.86. The van der Waals surface area contributed by atoms with E-state index in [2.05, 4.69) is 10.3 Å². The predicted molar refractivity (Wildman–Crippen MR) is 91.8 cm³/mol. The highest BCUT2D eigenvalue weighted by Gasteiger charge is 2.16. The van der Waals surface area contributed by atoms with Crippen LogP contribution in [0.4, 0.5) is 5.13 Å². The number of aromatic nitrogens is 1. The van der Waals surface area contributed by atoms with E-state index < -0.39 is 0 Å². The van der Waals surface area contributed by atoms with Crippen molar-refractivity contribution in [1.82, 2.24) is 4.98 Å². The standard InChI is InChI=1S/C18H13N3OS/c19-12-11-15(22)20-18-21-16(13-7-3-1-4-8-13)17(23-18)14-9-5-2-6-10-14/h1-10H,11H2,(H,20,21,22). The highest BCUT2D eigenvalue weighted by Crippen LogP contribution is 2.38. The summed E-state index contributed by atoms with van der Waals surface area (Å²) >= 11 is 1.41. The predicted octanol–water partition coefficient (Wildman–Crippen LogP) is 4.33. The van der Waals surface area contributed by atoms with Gasteiger partial charge in [-0.2, -0.15) is 5.26 Å². The minimum absolute atomic E-state index is 0.180. The number of benzene rings is 2. The van der Waals surface area contributed by atoms with Gasteiger partial charge in [0.15, 0.2) is 5.13 Å². The molecular weight excluding hydrogens is 306 g/mol. The Morgan fingerprint density at radius 2 is 1.65 bits per heavy atom. The van der Waals surface area contributed by atoms with Crippen LogP contribution in [0, 0.1) is 11.3 Å². The van der Waals surface area contributed by atoms with Gasteiger partial charge in [0.1, 0.15) is 6.42 Å². The summed E-state index contributed by atoms with van der Waals surface area (Å²) in [7, 11) is 0. The second-order valence-electron chi connectivity index (χ2n) is 4.81. The van der Waals surface area contributed by atoms with Crippen molar-refractivity contribution in [3.05, 3.63) is 60.7 Å². The second kappa shape index (κ2) is 6.86. The van der Waals surface area contributed by atoms with Gasteiger partial charge in [-0.3, -0.25) is 4.79 Å². The molecule has 5 heteroatoms. The molecule has 112 valence electrons. The fraction of sp³-hybridized carbons (Fsp3) is 0.0556. The number of carbonyl (C=O) groups is 1. The molecule has 1 aromatic heterocycles. The van der Waals surface area contributed by atoms with E-state index in [1.54, 1.807) is 0 Å². The van der Waals surface area contributed by atoms with Gasteiger partial charge in [0.2, 0.25) is 5.91 Å². The summed E-state index contributed by atoms with van der Waals surface area (Å²) in [5, 5.41) is 11.8. The molecule has 0 radical (unpaired) electrons. The Hall–Kier alpha value is -2.97. The maximum atomic E-state index is 11.6. The van der Waals surface area contributed by atoms with Crippen LogP contribution >= 0.6 is 11.3 Å². The van der Waals surface area contributed by atoms with Crippen molar-refractivity contribution in [3.63, 3.8) is 0 Å². The van der Waals surface area contributed by atoms with Crippen LogP contribution in [0.25, 0.3) is 21.7 Å². The zero-order chi connectivity index (χ0) is 16.1. The molecule has 0 aliphatic heterocycles. The van der Waals surface area contributed by atoms with Crippen molar-refractivity contribution in [3.8, 4) is 27.8 Å². The number of rotatable bonds is 4. The van der Waals surface area contributed by atoms with Gasteiger partial charge in [-0.05, 0) is 5.56 Å². The number of nitriles is 1. The molecule has 1 N–H and O–H groups in total. The topological polar surface area (TPSA) is 65.8 Å². The fourth-order valence-corrected chi connectivity index (χ4v) is 3.19. The van der Waals surface area contributed by atoms with Crippen molar-refractivity contribution in [2.45, 2.75) is 6.42 Å². The number of nitrogens with zero attached hydrogens (tertiary/aromatic N) is 2. The van der Waals surface area contributed by atoms with Gasteiger partial charge in [-0.1, -0.05) is 72.0 Å². The fourth-order valence-electron chi connectivity index (χ4n) is 2.19. The summed E-state index contributed by atoms with van der Waals surface area (Å²) in [4.78, 5) is 17.2. The van der Waals surface area contributed by atoms with Gasteiger partial charge in [0.05, 0.1) is 16.6 Å². The van der Waals surface area contributed by atoms with Crippen LogP contribution in [0.5, 0.6) is 0 Å². The van der Waals surface area contributed by atoms with Gasteiger partial charge in [0, 0.05) is 5.56 Å². The molecule has 23 heavy (non-hydrogen) atoms. The molecule has 1 amide bonds. The average molecular weight is 319 g/mol. The zero-order valence-corrected chi connectivity index (χ0v) is 13.0. The number of hydrogen-bond donors (Lipinski definition) is 1. The summed E-state index contributed by atoms with van der Waals surface area (Å²) < 4.78 is 0. The highest BCUT2D eigenvalue weighted by molar-refractivity contribution is 7.19. The minimum atomic E-state index is -0.347. The number of hydrogen-bond acceptors (Lipinski definition) is 4. The number of amides is 1. The lowest BCUT2D eigenvalue weighted by Crippen LogP contribution is -2.09. The number of thiazole rings is 1. The first-order valence-electron chi connectivity index (χ1n) is 7.06. The molecule has 0 saturated carbocycles. The summed E-state index contributed by atoms with van der Waals surface area (Å²) in [5.74, 6) is -0.347. The number of nitrogens with one attached hydrogen (secondary N) is 1. The van der Waals surface area contributed by atoms with Crippen molar-refractivity contribution in [2.75, 3.05) is 5.32 Å². The summed E-state index contributed by atoms with van der Waals surface area (Å²) in [6, 6.07) is 21.6. The van der Waals surface area contributed by atoms with Crippen molar-refractivity contribution in [1.29, 1.82) is 5.26 Å². The maximum Gasteiger partial charge on any atom is 0.240 e. The van der Waals surface area contributed by atoms with Gasteiger partial charge < -0.3 is 5.32 Å². The largest absolute Gasteiger partial charge is 0.301 e. The van der Waals surface area contributed by atoms with Crippen LogP contribution in [0.1, 0.15) is 6.42 Å². The maximum absolute atomic E-state index is 11.6. The lowest BCUT2D eigenvalue weighted by Gasteiger charge is -2.02. The third kappa shape index (κ3) is 3.44. The van der Waals surface area contributed by atoms with E-state index in [0.29, 0.717) is 5.13 Å². The van der Waals surface area contributed by atoms with Crippen LogP contribution in [-0.4, -0.2) is 10.9 Å². The van der Waals surface area contributed by atoms with E-state index >= 15 is 0 Å².